The lowest BCUT2D eigenvalue weighted by Gasteiger charge is -2.34. The second-order valence-corrected chi connectivity index (χ2v) is 10.4. The quantitative estimate of drug-likeness (QED) is 0.302. The van der Waals surface area contributed by atoms with E-state index >= 15 is 0 Å². The van der Waals surface area contributed by atoms with Gasteiger partial charge in [0.25, 0.3) is 0 Å². The van der Waals surface area contributed by atoms with Crippen LogP contribution in [0.5, 0.6) is 0 Å². The van der Waals surface area contributed by atoms with Crippen molar-refractivity contribution in [2.24, 2.45) is 5.73 Å². The maximum Gasteiger partial charge on any atom is 0.408 e. The van der Waals surface area contributed by atoms with Gasteiger partial charge in [0.2, 0.25) is 17.7 Å². The van der Waals surface area contributed by atoms with E-state index < -0.39 is 53.9 Å². The molecule has 0 aliphatic rings. The van der Waals surface area contributed by atoms with Crippen LogP contribution in [-0.2, 0) is 28.7 Å². The van der Waals surface area contributed by atoms with Gasteiger partial charge in [-0.2, -0.15) is 0 Å². The van der Waals surface area contributed by atoms with Gasteiger partial charge in [-0.3, -0.25) is 19.2 Å². The van der Waals surface area contributed by atoms with Gasteiger partial charge in [-0.05, 0) is 53.5 Å². The number of carbonyl (C=O) groups excluding carboxylic acids is 5. The number of hydrogen-bond donors (Lipinski definition) is 3. The van der Waals surface area contributed by atoms with Gasteiger partial charge < -0.3 is 30.7 Å². The Kier molecular flexibility index (Phi) is 13.4. The standard InChI is InChI=1S/C28H44N4O7/c1-8-10-13-32(26(36)21(17-22(29)33)31-27(37)39-28(5,6)7)24(20-15-18(3)14-19(4)16-20)25(35)30-12-11-23(34)38-9-2/h14-16,21,24H,8-13,17H2,1-7H3,(H2,29,33)(H,30,35)(H,31,37). The zero-order chi connectivity index (χ0) is 29.8. The predicted molar refractivity (Wildman–Crippen MR) is 147 cm³/mol. The normalized spacial score (nSPS) is 12.6. The number of nitrogens with one attached hydrogen (secondary N) is 2. The number of nitrogens with two attached hydrogens (primary N) is 1. The second-order valence-electron chi connectivity index (χ2n) is 10.4. The fraction of sp³-hybridized carbons (Fsp3) is 0.607. The fourth-order valence-electron chi connectivity index (χ4n) is 4.00. The average Bonchev–Trinajstić information content (AvgIpc) is 2.78. The molecular formula is C28H44N4O7. The molecule has 39 heavy (non-hydrogen) atoms. The Morgan fingerprint density at radius 3 is 2.15 bits per heavy atom. The first-order valence-electron chi connectivity index (χ1n) is 13.3. The first-order valence-corrected chi connectivity index (χ1v) is 13.3. The summed E-state index contributed by atoms with van der Waals surface area (Å²) < 4.78 is 10.2. The molecule has 0 aliphatic heterocycles. The number of primary amides is 1. The third-order valence-corrected chi connectivity index (χ3v) is 5.48. The molecule has 4 amide bonds. The van der Waals surface area contributed by atoms with Crippen LogP contribution < -0.4 is 16.4 Å². The number of esters is 1. The molecule has 0 radical (unpaired) electrons. The Morgan fingerprint density at radius 2 is 1.64 bits per heavy atom. The van der Waals surface area contributed by atoms with Crippen LogP contribution in [0.15, 0.2) is 18.2 Å². The monoisotopic (exact) mass is 548 g/mol. The maximum atomic E-state index is 13.9. The van der Waals surface area contributed by atoms with Gasteiger partial charge in [0.15, 0.2) is 0 Å². The highest BCUT2D eigenvalue weighted by atomic mass is 16.6. The average molecular weight is 549 g/mol. The highest BCUT2D eigenvalue weighted by Crippen LogP contribution is 2.26. The highest BCUT2D eigenvalue weighted by molar-refractivity contribution is 5.94. The molecule has 2 unspecified atom stereocenters. The number of nitrogens with zero attached hydrogens (tertiary/aromatic N) is 1. The summed E-state index contributed by atoms with van der Waals surface area (Å²) in [5, 5.41) is 5.19. The van der Waals surface area contributed by atoms with E-state index in [9.17, 15) is 24.0 Å². The third kappa shape index (κ3) is 12.2. The van der Waals surface area contributed by atoms with Crippen molar-refractivity contribution in [2.45, 2.75) is 91.8 Å². The topological polar surface area (TPSA) is 157 Å². The summed E-state index contributed by atoms with van der Waals surface area (Å²) in [5.41, 5.74) is 6.90. The van der Waals surface area contributed by atoms with E-state index in [4.69, 9.17) is 15.2 Å². The summed E-state index contributed by atoms with van der Waals surface area (Å²) in [7, 11) is 0. The molecule has 1 aromatic rings. The van der Waals surface area contributed by atoms with Crippen molar-refractivity contribution in [3.63, 3.8) is 0 Å². The van der Waals surface area contributed by atoms with Crippen molar-refractivity contribution in [2.75, 3.05) is 19.7 Å². The van der Waals surface area contributed by atoms with Crippen molar-refractivity contribution in [3.8, 4) is 0 Å². The molecule has 0 fully saturated rings. The molecule has 0 saturated heterocycles. The summed E-state index contributed by atoms with van der Waals surface area (Å²) in [6.07, 6.45) is -0.136. The van der Waals surface area contributed by atoms with Crippen LogP contribution in [0.2, 0.25) is 0 Å². The van der Waals surface area contributed by atoms with E-state index in [1.54, 1.807) is 39.8 Å². The molecule has 1 aromatic carbocycles. The molecule has 0 aromatic heterocycles. The molecule has 0 heterocycles. The van der Waals surface area contributed by atoms with E-state index in [0.29, 0.717) is 18.4 Å². The molecule has 0 bridgehead atoms. The summed E-state index contributed by atoms with van der Waals surface area (Å²) in [4.78, 5) is 65.1. The maximum absolute atomic E-state index is 13.9. The van der Waals surface area contributed by atoms with Crippen molar-refractivity contribution >= 4 is 29.8 Å². The van der Waals surface area contributed by atoms with Crippen LogP contribution >= 0.6 is 0 Å². The number of hydrogen-bond acceptors (Lipinski definition) is 7. The molecule has 0 spiro atoms. The Balaban J connectivity index is 3.47. The Bertz CT molecular complexity index is 999. The Hall–Kier alpha value is -3.63. The first-order chi connectivity index (χ1) is 18.2. The predicted octanol–water partition coefficient (Wildman–Crippen LogP) is 2.81. The Morgan fingerprint density at radius 1 is 1.03 bits per heavy atom. The van der Waals surface area contributed by atoms with Gasteiger partial charge >= 0.3 is 12.1 Å². The van der Waals surface area contributed by atoms with E-state index in [2.05, 4.69) is 10.6 Å². The number of ether oxygens (including phenoxy) is 2. The number of carbonyl (C=O) groups is 5. The van der Waals surface area contributed by atoms with E-state index in [1.807, 2.05) is 26.8 Å². The summed E-state index contributed by atoms with van der Waals surface area (Å²) in [5.74, 6) is -2.42. The number of unbranched alkanes of at least 4 members (excludes halogenated alkanes) is 1. The van der Waals surface area contributed by atoms with Crippen LogP contribution in [0.4, 0.5) is 4.79 Å². The van der Waals surface area contributed by atoms with Crippen molar-refractivity contribution in [3.05, 3.63) is 34.9 Å². The summed E-state index contributed by atoms with van der Waals surface area (Å²) >= 11 is 0. The van der Waals surface area contributed by atoms with Gasteiger partial charge in [0.05, 0.1) is 19.4 Å². The zero-order valence-electron chi connectivity index (χ0n) is 24.2. The number of benzene rings is 1. The van der Waals surface area contributed by atoms with Crippen LogP contribution in [0.3, 0.4) is 0 Å². The number of amides is 4. The minimum absolute atomic E-state index is 0.00957. The fourth-order valence-corrected chi connectivity index (χ4v) is 4.00. The highest BCUT2D eigenvalue weighted by Gasteiger charge is 2.37. The molecule has 1 rings (SSSR count). The Labute approximate surface area is 231 Å². The van der Waals surface area contributed by atoms with Crippen LogP contribution in [0, 0.1) is 13.8 Å². The largest absolute Gasteiger partial charge is 0.466 e. The van der Waals surface area contributed by atoms with Crippen molar-refractivity contribution in [1.29, 1.82) is 0 Å². The van der Waals surface area contributed by atoms with E-state index in [0.717, 1.165) is 11.1 Å². The van der Waals surface area contributed by atoms with Gasteiger partial charge in [0, 0.05) is 13.1 Å². The third-order valence-electron chi connectivity index (χ3n) is 5.48. The molecule has 4 N–H and O–H groups in total. The second kappa shape index (κ2) is 15.7. The number of alkyl carbamates (subject to hydrolysis) is 1. The zero-order valence-corrected chi connectivity index (χ0v) is 24.2. The van der Waals surface area contributed by atoms with Crippen LogP contribution in [-0.4, -0.2) is 66.0 Å². The molecule has 11 nitrogen and oxygen atoms in total. The van der Waals surface area contributed by atoms with Crippen LogP contribution in [0.25, 0.3) is 0 Å². The molecule has 0 saturated carbocycles. The minimum atomic E-state index is -1.35. The molecule has 0 aliphatic carbocycles. The summed E-state index contributed by atoms with van der Waals surface area (Å²) in [6, 6.07) is 3.10. The van der Waals surface area contributed by atoms with E-state index in [-0.39, 0.29) is 26.1 Å². The van der Waals surface area contributed by atoms with Crippen molar-refractivity contribution in [1.82, 2.24) is 15.5 Å². The lowest BCUT2D eigenvalue weighted by atomic mass is 9.97. The van der Waals surface area contributed by atoms with Crippen molar-refractivity contribution < 1.29 is 33.4 Å². The smallest absolute Gasteiger partial charge is 0.408 e. The van der Waals surface area contributed by atoms with Gasteiger partial charge in [-0.1, -0.05) is 42.7 Å². The van der Waals surface area contributed by atoms with Gasteiger partial charge in [-0.15, -0.1) is 0 Å². The molecule has 11 heteroatoms. The molecular weight excluding hydrogens is 504 g/mol. The molecule has 218 valence electrons. The lowest BCUT2D eigenvalue weighted by Crippen LogP contribution is -2.54. The van der Waals surface area contributed by atoms with Gasteiger partial charge in [0.1, 0.15) is 17.7 Å². The first kappa shape index (κ1) is 33.4. The van der Waals surface area contributed by atoms with Crippen LogP contribution in [0.1, 0.15) is 83.0 Å². The van der Waals surface area contributed by atoms with E-state index in [1.165, 1.54) is 4.90 Å². The van der Waals surface area contributed by atoms with Gasteiger partial charge in [-0.25, -0.2) is 4.79 Å². The SMILES string of the molecule is CCCCN(C(=O)C(CC(N)=O)NC(=O)OC(C)(C)C)C(C(=O)NCCC(=O)OCC)c1cc(C)cc(C)c1. The minimum Gasteiger partial charge on any atom is -0.466 e. The number of aryl methyl sites for hydroxylation is 2. The lowest BCUT2D eigenvalue weighted by molar-refractivity contribution is -0.144. The number of rotatable bonds is 14. The molecule has 2 atom stereocenters. The summed E-state index contributed by atoms with van der Waals surface area (Å²) in [6.45, 7) is 12.8.